The predicted molar refractivity (Wildman–Crippen MR) is 69.9 cm³/mol. The Morgan fingerprint density at radius 2 is 2.43 bits per heavy atom. The zero-order valence-corrected chi connectivity index (χ0v) is 11.5. The van der Waals surface area contributed by atoms with Gasteiger partial charge in [0.1, 0.15) is 11.9 Å². The van der Waals surface area contributed by atoms with Crippen LogP contribution in [0.5, 0.6) is 0 Å². The number of benzene rings is 1. The average molecular weight is 291 g/mol. The number of fused-ring (bicyclic) bond motifs is 1. The summed E-state index contributed by atoms with van der Waals surface area (Å²) < 4.78 is 25.5. The van der Waals surface area contributed by atoms with Crippen molar-refractivity contribution in [3.05, 3.63) is 47.0 Å². The van der Waals surface area contributed by atoms with Gasteiger partial charge >= 0.3 is 5.97 Å². The minimum Gasteiger partial charge on any atom is -0.461 e. The third-order valence-electron chi connectivity index (χ3n) is 3.29. The van der Waals surface area contributed by atoms with Crippen molar-refractivity contribution in [3.63, 3.8) is 0 Å². The second kappa shape index (κ2) is 5.61. The Morgan fingerprint density at radius 3 is 3.19 bits per heavy atom. The Balaban J connectivity index is 1.82. The molecule has 0 fully saturated rings. The first-order chi connectivity index (χ1) is 10.2. The van der Waals surface area contributed by atoms with Gasteiger partial charge in [-0.15, -0.1) is 5.10 Å². The van der Waals surface area contributed by atoms with Crippen molar-refractivity contribution in [1.82, 2.24) is 15.0 Å². The molecule has 1 aliphatic rings. The van der Waals surface area contributed by atoms with Crippen LogP contribution >= 0.6 is 0 Å². The van der Waals surface area contributed by atoms with E-state index in [1.807, 2.05) is 0 Å². The quantitative estimate of drug-likeness (QED) is 0.808. The number of halogens is 1. The van der Waals surface area contributed by atoms with E-state index in [0.717, 1.165) is 5.56 Å². The standard InChI is InChI=1S/C14H14FN3O3/c1-2-20-14(19)13-11-8-21-12(7-18(11)17-16-13)9-4-3-5-10(15)6-9/h3-6,12H,2,7-8H2,1H3. The van der Waals surface area contributed by atoms with E-state index in [1.54, 1.807) is 23.7 Å². The summed E-state index contributed by atoms with van der Waals surface area (Å²) in [6.07, 6.45) is -0.315. The molecule has 1 atom stereocenters. The Labute approximate surface area is 120 Å². The van der Waals surface area contributed by atoms with Gasteiger partial charge in [0.2, 0.25) is 0 Å². The summed E-state index contributed by atoms with van der Waals surface area (Å²) in [5.41, 5.74) is 1.49. The highest BCUT2D eigenvalue weighted by Crippen LogP contribution is 2.27. The van der Waals surface area contributed by atoms with Gasteiger partial charge in [-0.05, 0) is 24.6 Å². The van der Waals surface area contributed by atoms with Crippen LogP contribution < -0.4 is 0 Å². The molecule has 0 saturated heterocycles. The van der Waals surface area contributed by atoms with Crippen LogP contribution in [-0.2, 0) is 22.6 Å². The Morgan fingerprint density at radius 1 is 1.57 bits per heavy atom. The van der Waals surface area contributed by atoms with E-state index < -0.39 is 5.97 Å². The highest BCUT2D eigenvalue weighted by molar-refractivity contribution is 5.88. The zero-order valence-electron chi connectivity index (χ0n) is 11.5. The summed E-state index contributed by atoms with van der Waals surface area (Å²) >= 11 is 0. The SMILES string of the molecule is CCOC(=O)c1nnn2c1COC(c1cccc(F)c1)C2. The molecule has 1 aliphatic heterocycles. The zero-order chi connectivity index (χ0) is 14.8. The lowest BCUT2D eigenvalue weighted by molar-refractivity contribution is -0.00248. The van der Waals surface area contributed by atoms with Crippen molar-refractivity contribution in [2.24, 2.45) is 0 Å². The maximum Gasteiger partial charge on any atom is 0.360 e. The predicted octanol–water partition coefficient (Wildman–Crippen LogP) is 1.87. The minimum atomic E-state index is -0.508. The summed E-state index contributed by atoms with van der Waals surface area (Å²) in [6.45, 7) is 2.57. The molecule has 1 aromatic heterocycles. The van der Waals surface area contributed by atoms with Crippen LogP contribution in [0.25, 0.3) is 0 Å². The smallest absolute Gasteiger partial charge is 0.360 e. The van der Waals surface area contributed by atoms with E-state index in [1.165, 1.54) is 12.1 Å². The summed E-state index contributed by atoms with van der Waals surface area (Å²) in [5, 5.41) is 7.80. The molecule has 0 bridgehead atoms. The van der Waals surface area contributed by atoms with E-state index in [-0.39, 0.29) is 30.8 Å². The largest absolute Gasteiger partial charge is 0.461 e. The van der Waals surface area contributed by atoms with Crippen LogP contribution in [0.1, 0.15) is 34.8 Å². The van der Waals surface area contributed by atoms with Crippen LogP contribution in [0.4, 0.5) is 4.39 Å². The van der Waals surface area contributed by atoms with Gasteiger partial charge in [0.15, 0.2) is 5.69 Å². The van der Waals surface area contributed by atoms with Gasteiger partial charge in [-0.1, -0.05) is 17.3 Å². The van der Waals surface area contributed by atoms with E-state index >= 15 is 0 Å². The molecule has 21 heavy (non-hydrogen) atoms. The van der Waals surface area contributed by atoms with Crippen LogP contribution in [0.15, 0.2) is 24.3 Å². The summed E-state index contributed by atoms with van der Waals surface area (Å²) in [5.74, 6) is -0.820. The first-order valence-electron chi connectivity index (χ1n) is 6.65. The summed E-state index contributed by atoms with van der Waals surface area (Å²) in [6, 6.07) is 6.24. The number of aromatic nitrogens is 3. The van der Waals surface area contributed by atoms with Crippen molar-refractivity contribution in [2.75, 3.05) is 6.61 Å². The lowest BCUT2D eigenvalue weighted by atomic mass is 10.1. The Bertz CT molecular complexity index is 671. The molecule has 6 nitrogen and oxygen atoms in total. The number of rotatable bonds is 3. The lowest BCUT2D eigenvalue weighted by Crippen LogP contribution is -2.23. The van der Waals surface area contributed by atoms with Crippen molar-refractivity contribution in [2.45, 2.75) is 26.2 Å². The molecule has 0 amide bonds. The van der Waals surface area contributed by atoms with Gasteiger partial charge in [-0.3, -0.25) is 0 Å². The molecule has 0 N–H and O–H groups in total. The Kier molecular flexibility index (Phi) is 3.66. The van der Waals surface area contributed by atoms with Gasteiger partial charge in [-0.25, -0.2) is 13.9 Å². The molecular weight excluding hydrogens is 277 g/mol. The second-order valence-electron chi connectivity index (χ2n) is 4.64. The molecule has 3 rings (SSSR count). The molecular formula is C14H14FN3O3. The first-order valence-corrected chi connectivity index (χ1v) is 6.65. The number of carbonyl (C=O) groups is 1. The normalized spacial score (nSPS) is 17.3. The van der Waals surface area contributed by atoms with Crippen molar-refractivity contribution in [1.29, 1.82) is 0 Å². The molecule has 0 saturated carbocycles. The number of ether oxygens (including phenoxy) is 2. The monoisotopic (exact) mass is 291 g/mol. The molecule has 0 spiro atoms. The van der Waals surface area contributed by atoms with Gasteiger partial charge in [0.25, 0.3) is 0 Å². The number of hydrogen-bond acceptors (Lipinski definition) is 5. The molecule has 2 aromatic rings. The van der Waals surface area contributed by atoms with E-state index in [0.29, 0.717) is 12.2 Å². The average Bonchev–Trinajstić information content (AvgIpc) is 2.90. The van der Waals surface area contributed by atoms with E-state index in [2.05, 4.69) is 10.3 Å². The van der Waals surface area contributed by atoms with Crippen LogP contribution in [0.2, 0.25) is 0 Å². The van der Waals surface area contributed by atoms with E-state index in [9.17, 15) is 9.18 Å². The second-order valence-corrected chi connectivity index (χ2v) is 4.64. The number of hydrogen-bond donors (Lipinski definition) is 0. The minimum absolute atomic E-state index is 0.176. The van der Waals surface area contributed by atoms with Crippen LogP contribution in [0, 0.1) is 5.82 Å². The molecule has 110 valence electrons. The molecule has 0 aliphatic carbocycles. The third kappa shape index (κ3) is 2.64. The number of carbonyl (C=O) groups excluding carboxylic acids is 1. The van der Waals surface area contributed by atoms with E-state index in [4.69, 9.17) is 9.47 Å². The highest BCUT2D eigenvalue weighted by Gasteiger charge is 2.28. The number of nitrogens with zero attached hydrogens (tertiary/aromatic N) is 3. The van der Waals surface area contributed by atoms with Crippen molar-refractivity contribution >= 4 is 5.97 Å². The molecule has 1 unspecified atom stereocenters. The van der Waals surface area contributed by atoms with Crippen LogP contribution in [-0.4, -0.2) is 27.6 Å². The maximum atomic E-state index is 13.3. The van der Waals surface area contributed by atoms with Gasteiger partial charge in [-0.2, -0.15) is 0 Å². The lowest BCUT2D eigenvalue weighted by Gasteiger charge is -2.24. The fourth-order valence-electron chi connectivity index (χ4n) is 2.28. The maximum absolute atomic E-state index is 13.3. The van der Waals surface area contributed by atoms with Crippen molar-refractivity contribution < 1.29 is 18.7 Å². The fourth-order valence-corrected chi connectivity index (χ4v) is 2.28. The van der Waals surface area contributed by atoms with Gasteiger partial charge < -0.3 is 9.47 Å². The molecule has 1 aromatic carbocycles. The van der Waals surface area contributed by atoms with Gasteiger partial charge in [0, 0.05) is 0 Å². The Hall–Kier alpha value is -2.28. The van der Waals surface area contributed by atoms with Crippen LogP contribution in [0.3, 0.4) is 0 Å². The highest BCUT2D eigenvalue weighted by atomic mass is 19.1. The molecule has 2 heterocycles. The first kappa shape index (κ1) is 13.7. The van der Waals surface area contributed by atoms with Gasteiger partial charge in [0.05, 0.1) is 25.5 Å². The summed E-state index contributed by atoms with van der Waals surface area (Å²) in [4.78, 5) is 11.7. The van der Waals surface area contributed by atoms with Crippen molar-refractivity contribution in [3.8, 4) is 0 Å². The fraction of sp³-hybridized carbons (Fsp3) is 0.357. The third-order valence-corrected chi connectivity index (χ3v) is 3.29. The summed E-state index contributed by atoms with van der Waals surface area (Å²) in [7, 11) is 0. The molecule has 7 heteroatoms. The topological polar surface area (TPSA) is 66.2 Å². The number of esters is 1. The molecule has 0 radical (unpaired) electrons.